The highest BCUT2D eigenvalue weighted by atomic mass is 16.5. The van der Waals surface area contributed by atoms with E-state index >= 15 is 0 Å². The molecule has 9 heteroatoms. The zero-order chi connectivity index (χ0) is 22.4. The molecule has 172 valence electrons. The Hall–Kier alpha value is -2.94. The number of benzene rings is 1. The summed E-state index contributed by atoms with van der Waals surface area (Å²) < 4.78 is 6.88. The third-order valence-corrected chi connectivity index (χ3v) is 6.83. The van der Waals surface area contributed by atoms with Crippen molar-refractivity contribution in [2.24, 2.45) is 5.41 Å². The van der Waals surface area contributed by atoms with E-state index in [4.69, 9.17) is 4.74 Å². The van der Waals surface area contributed by atoms with Gasteiger partial charge in [-0.1, -0.05) is 35.5 Å². The quantitative estimate of drug-likeness (QED) is 0.614. The van der Waals surface area contributed by atoms with Crippen molar-refractivity contribution in [3.05, 3.63) is 47.8 Å². The molecule has 1 atom stereocenters. The summed E-state index contributed by atoms with van der Waals surface area (Å²) >= 11 is 0. The second-order valence-corrected chi connectivity index (χ2v) is 8.73. The summed E-state index contributed by atoms with van der Waals surface area (Å²) in [5.41, 5.74) is 1.52. The molecule has 3 amide bonds. The van der Waals surface area contributed by atoms with Crippen molar-refractivity contribution in [2.45, 2.75) is 44.7 Å². The maximum Gasteiger partial charge on any atom is 0.317 e. The number of carbonyl (C=O) groups excluding carboxylic acids is 2. The number of rotatable bonds is 8. The lowest BCUT2D eigenvalue weighted by molar-refractivity contribution is -0.0228. The van der Waals surface area contributed by atoms with Crippen LogP contribution in [0.1, 0.15) is 54.2 Å². The van der Waals surface area contributed by atoms with E-state index < -0.39 is 0 Å². The standard InChI is InChI=1S/C23H32N6O3/c1-32-15-5-12-24-22(31)28-13-10-23(11-14-28)9-8-20(23)29-17-19(26-27-29)21(30)25-16-18-6-3-2-4-7-18/h2-4,6-7,17,20H,5,8-16H2,1H3,(H,24,31)(H,25,30). The zero-order valence-electron chi connectivity index (χ0n) is 18.6. The van der Waals surface area contributed by atoms with Crippen molar-refractivity contribution in [3.63, 3.8) is 0 Å². The first kappa shape index (κ1) is 22.3. The summed E-state index contributed by atoms with van der Waals surface area (Å²) in [4.78, 5) is 26.8. The van der Waals surface area contributed by atoms with Crippen LogP contribution < -0.4 is 10.6 Å². The summed E-state index contributed by atoms with van der Waals surface area (Å²) in [6.07, 6.45) is 6.61. The van der Waals surface area contributed by atoms with Crippen molar-refractivity contribution in [1.29, 1.82) is 0 Å². The Morgan fingerprint density at radius 2 is 1.94 bits per heavy atom. The van der Waals surface area contributed by atoms with Crippen LogP contribution in [-0.2, 0) is 11.3 Å². The molecule has 0 bridgehead atoms. The van der Waals surface area contributed by atoms with Gasteiger partial charge in [0.25, 0.3) is 5.91 Å². The Bertz CT molecular complexity index is 907. The lowest BCUT2D eigenvalue weighted by atomic mass is 9.59. The highest BCUT2D eigenvalue weighted by Crippen LogP contribution is 2.56. The molecule has 1 aliphatic heterocycles. The van der Waals surface area contributed by atoms with Gasteiger partial charge in [0, 0.05) is 39.9 Å². The highest BCUT2D eigenvalue weighted by molar-refractivity contribution is 5.91. The molecule has 2 aliphatic rings. The summed E-state index contributed by atoms with van der Waals surface area (Å²) in [5, 5.41) is 14.3. The van der Waals surface area contributed by atoms with Gasteiger partial charge in [-0.15, -0.1) is 5.10 Å². The van der Waals surface area contributed by atoms with E-state index in [-0.39, 0.29) is 23.4 Å². The fourth-order valence-corrected chi connectivity index (χ4v) is 4.76. The van der Waals surface area contributed by atoms with Gasteiger partial charge in [-0.2, -0.15) is 0 Å². The van der Waals surface area contributed by atoms with Gasteiger partial charge in [0.2, 0.25) is 0 Å². The summed E-state index contributed by atoms with van der Waals surface area (Å²) in [6.45, 7) is 3.22. The first-order valence-electron chi connectivity index (χ1n) is 11.4. The minimum absolute atomic E-state index is 0.00459. The summed E-state index contributed by atoms with van der Waals surface area (Å²) in [7, 11) is 1.66. The Morgan fingerprint density at radius 3 is 2.62 bits per heavy atom. The predicted octanol–water partition coefficient (Wildman–Crippen LogP) is 2.37. The van der Waals surface area contributed by atoms with Crippen LogP contribution in [0.4, 0.5) is 4.79 Å². The number of urea groups is 1. The first-order chi connectivity index (χ1) is 15.6. The second kappa shape index (κ2) is 10.1. The number of amides is 3. The van der Waals surface area contributed by atoms with Crippen molar-refractivity contribution < 1.29 is 14.3 Å². The summed E-state index contributed by atoms with van der Waals surface area (Å²) in [5.74, 6) is -0.214. The lowest BCUT2D eigenvalue weighted by Crippen LogP contribution is -2.53. The molecule has 2 aromatic rings. The van der Waals surface area contributed by atoms with Gasteiger partial charge in [-0.05, 0) is 43.1 Å². The van der Waals surface area contributed by atoms with Gasteiger partial charge in [0.15, 0.2) is 5.69 Å². The van der Waals surface area contributed by atoms with Crippen LogP contribution in [0.3, 0.4) is 0 Å². The van der Waals surface area contributed by atoms with Gasteiger partial charge >= 0.3 is 6.03 Å². The number of carbonyl (C=O) groups is 2. The van der Waals surface area contributed by atoms with Crippen LogP contribution in [0.2, 0.25) is 0 Å². The van der Waals surface area contributed by atoms with Crippen molar-refractivity contribution >= 4 is 11.9 Å². The molecule has 1 spiro atoms. The molecule has 0 radical (unpaired) electrons. The molecule has 1 saturated heterocycles. The van der Waals surface area contributed by atoms with E-state index in [0.29, 0.717) is 25.4 Å². The molecule has 32 heavy (non-hydrogen) atoms. The van der Waals surface area contributed by atoms with E-state index in [9.17, 15) is 9.59 Å². The van der Waals surface area contributed by atoms with Gasteiger partial charge in [0.1, 0.15) is 0 Å². The smallest absolute Gasteiger partial charge is 0.317 e. The minimum Gasteiger partial charge on any atom is -0.385 e. The predicted molar refractivity (Wildman–Crippen MR) is 119 cm³/mol. The fourth-order valence-electron chi connectivity index (χ4n) is 4.76. The van der Waals surface area contributed by atoms with Crippen molar-refractivity contribution in [1.82, 2.24) is 30.5 Å². The van der Waals surface area contributed by atoms with E-state index in [1.807, 2.05) is 39.9 Å². The highest BCUT2D eigenvalue weighted by Gasteiger charge is 2.50. The van der Waals surface area contributed by atoms with Crippen molar-refractivity contribution in [2.75, 3.05) is 33.4 Å². The third kappa shape index (κ3) is 4.93. The number of hydrogen-bond acceptors (Lipinski definition) is 5. The normalized spacial score (nSPS) is 19.4. The molecule has 2 N–H and O–H groups in total. The van der Waals surface area contributed by atoms with Gasteiger partial charge in [-0.25, -0.2) is 9.48 Å². The fraction of sp³-hybridized carbons (Fsp3) is 0.565. The number of aromatic nitrogens is 3. The van der Waals surface area contributed by atoms with E-state index in [2.05, 4.69) is 20.9 Å². The SMILES string of the molecule is COCCCNC(=O)N1CCC2(CCC2n2cc(C(=O)NCc3ccccc3)nn2)CC1. The third-order valence-electron chi connectivity index (χ3n) is 6.83. The number of nitrogens with one attached hydrogen (secondary N) is 2. The largest absolute Gasteiger partial charge is 0.385 e. The Morgan fingerprint density at radius 1 is 1.16 bits per heavy atom. The number of piperidine rings is 1. The molecule has 1 aliphatic carbocycles. The van der Waals surface area contributed by atoms with E-state index in [0.717, 1.165) is 50.8 Å². The van der Waals surface area contributed by atoms with Crippen LogP contribution in [0.15, 0.2) is 36.5 Å². The lowest BCUT2D eigenvalue weighted by Gasteiger charge is -2.53. The second-order valence-electron chi connectivity index (χ2n) is 8.73. The van der Waals surface area contributed by atoms with Crippen LogP contribution in [0.25, 0.3) is 0 Å². The maximum atomic E-state index is 12.5. The molecule has 4 rings (SSSR count). The van der Waals surface area contributed by atoms with Crippen LogP contribution in [0, 0.1) is 5.41 Å². The number of methoxy groups -OCH3 is 1. The molecule has 1 aromatic heterocycles. The first-order valence-corrected chi connectivity index (χ1v) is 11.4. The molecule has 9 nitrogen and oxygen atoms in total. The molecular formula is C23H32N6O3. The monoisotopic (exact) mass is 440 g/mol. The number of hydrogen-bond donors (Lipinski definition) is 2. The van der Waals surface area contributed by atoms with E-state index in [1.54, 1.807) is 13.3 Å². The van der Waals surface area contributed by atoms with Crippen LogP contribution in [0.5, 0.6) is 0 Å². The Labute approximate surface area is 188 Å². The number of ether oxygens (including phenoxy) is 1. The number of likely N-dealkylation sites (tertiary alicyclic amines) is 1. The summed E-state index contributed by atoms with van der Waals surface area (Å²) in [6, 6.07) is 10.0. The van der Waals surface area contributed by atoms with Gasteiger partial charge in [0.05, 0.1) is 12.2 Å². The molecular weight excluding hydrogens is 408 g/mol. The molecule has 1 saturated carbocycles. The van der Waals surface area contributed by atoms with Crippen LogP contribution >= 0.6 is 0 Å². The topological polar surface area (TPSA) is 101 Å². The molecule has 1 unspecified atom stereocenters. The van der Waals surface area contributed by atoms with Gasteiger partial charge in [-0.3, -0.25) is 4.79 Å². The zero-order valence-corrected chi connectivity index (χ0v) is 18.6. The molecule has 2 heterocycles. The van der Waals surface area contributed by atoms with Crippen LogP contribution in [-0.4, -0.2) is 65.2 Å². The molecule has 2 fully saturated rings. The average Bonchev–Trinajstić information content (AvgIpc) is 3.29. The van der Waals surface area contributed by atoms with E-state index in [1.165, 1.54) is 0 Å². The number of nitrogens with zero attached hydrogens (tertiary/aromatic N) is 4. The minimum atomic E-state index is -0.214. The average molecular weight is 441 g/mol. The Kier molecular flexibility index (Phi) is 7.04. The van der Waals surface area contributed by atoms with Crippen molar-refractivity contribution in [3.8, 4) is 0 Å². The molecule has 1 aromatic carbocycles. The maximum absolute atomic E-state index is 12.5. The Balaban J connectivity index is 1.28. The van der Waals surface area contributed by atoms with Gasteiger partial charge < -0.3 is 20.3 Å².